The van der Waals surface area contributed by atoms with Crippen LogP contribution < -0.4 is 0 Å². The van der Waals surface area contributed by atoms with Crippen LogP contribution >= 0.6 is 0 Å². The molecule has 3 aromatic carbocycles. The molecule has 2 atom stereocenters. The largest absolute Gasteiger partial charge is 0.390 e. The number of aliphatic hydroxyl groups is 2. The van der Waals surface area contributed by atoms with Crippen molar-refractivity contribution < 1.29 is 19.7 Å². The average Bonchev–Trinajstić information content (AvgIpc) is 2.76. The molecular formula is C24H24O4. The van der Waals surface area contributed by atoms with Crippen molar-refractivity contribution in [2.24, 2.45) is 0 Å². The van der Waals surface area contributed by atoms with Crippen molar-refractivity contribution in [3.8, 4) is 0 Å². The highest BCUT2D eigenvalue weighted by Gasteiger charge is 2.38. The van der Waals surface area contributed by atoms with Gasteiger partial charge in [-0.1, -0.05) is 91.0 Å². The summed E-state index contributed by atoms with van der Waals surface area (Å²) in [5, 5.41) is 20.3. The predicted molar refractivity (Wildman–Crippen MR) is 108 cm³/mol. The molecule has 0 aromatic heterocycles. The van der Waals surface area contributed by atoms with Crippen LogP contribution in [-0.4, -0.2) is 35.3 Å². The van der Waals surface area contributed by atoms with Crippen LogP contribution in [0, 0.1) is 0 Å². The zero-order valence-electron chi connectivity index (χ0n) is 15.5. The zero-order valence-corrected chi connectivity index (χ0v) is 15.5. The Hall–Kier alpha value is -2.79. The molecule has 3 rings (SSSR count). The lowest BCUT2D eigenvalue weighted by Gasteiger charge is -2.37. The topological polar surface area (TPSA) is 66.8 Å². The predicted octanol–water partition coefficient (Wildman–Crippen LogP) is 3.31. The third kappa shape index (κ3) is 4.20. The molecule has 0 aliphatic rings. The van der Waals surface area contributed by atoms with Crippen LogP contribution in [0.1, 0.15) is 23.1 Å². The molecule has 0 saturated heterocycles. The summed E-state index contributed by atoms with van der Waals surface area (Å²) in [4.78, 5) is 10.7. The van der Waals surface area contributed by atoms with E-state index in [1.165, 1.54) is 0 Å². The molecule has 0 spiro atoms. The second kappa shape index (κ2) is 9.42. The Labute approximate surface area is 165 Å². The fraction of sp³-hybridized carbons (Fsp3) is 0.208. The minimum atomic E-state index is -1.18. The van der Waals surface area contributed by atoms with Crippen LogP contribution in [0.5, 0.6) is 0 Å². The molecule has 3 aromatic rings. The van der Waals surface area contributed by atoms with Crippen molar-refractivity contribution in [3.05, 3.63) is 108 Å². The first-order valence-electron chi connectivity index (χ1n) is 9.29. The summed E-state index contributed by atoms with van der Waals surface area (Å²) in [5.41, 5.74) is 1.75. The van der Waals surface area contributed by atoms with Crippen LogP contribution in [0.25, 0.3) is 0 Å². The van der Waals surface area contributed by atoms with Crippen LogP contribution in [0.2, 0.25) is 0 Å². The maximum Gasteiger partial charge on any atom is 0.143 e. The van der Waals surface area contributed by atoms with E-state index in [-0.39, 0.29) is 13.0 Å². The second-order valence-corrected chi connectivity index (χ2v) is 6.63. The number of rotatable bonds is 9. The summed E-state index contributed by atoms with van der Waals surface area (Å²) in [6.07, 6.45) is -1.90. The van der Waals surface area contributed by atoms with Crippen molar-refractivity contribution in [1.29, 1.82) is 0 Å². The molecule has 144 valence electrons. The number of benzene rings is 3. The van der Waals surface area contributed by atoms with Crippen LogP contribution in [0.3, 0.4) is 0 Å². The van der Waals surface area contributed by atoms with Crippen LogP contribution in [0.4, 0.5) is 0 Å². The van der Waals surface area contributed by atoms with Gasteiger partial charge < -0.3 is 19.7 Å². The first-order valence-corrected chi connectivity index (χ1v) is 9.29. The first-order chi connectivity index (χ1) is 13.7. The normalized spacial score (nSPS) is 13.6. The maximum absolute atomic E-state index is 10.7. The molecule has 28 heavy (non-hydrogen) atoms. The SMILES string of the molecule is O=CC[C@@H](O)[C@@H](O)COC(c1ccccc1)(c1ccccc1)c1ccccc1. The number of aldehydes is 1. The highest BCUT2D eigenvalue weighted by Crippen LogP contribution is 2.40. The smallest absolute Gasteiger partial charge is 0.143 e. The van der Waals surface area contributed by atoms with E-state index >= 15 is 0 Å². The first kappa shape index (κ1) is 20.0. The monoisotopic (exact) mass is 376 g/mol. The lowest BCUT2D eigenvalue weighted by atomic mass is 9.80. The van der Waals surface area contributed by atoms with Gasteiger partial charge >= 0.3 is 0 Å². The van der Waals surface area contributed by atoms with Gasteiger partial charge in [0, 0.05) is 6.42 Å². The quantitative estimate of drug-likeness (QED) is 0.444. The Bertz CT molecular complexity index is 753. The molecule has 0 fully saturated rings. The molecule has 0 bridgehead atoms. The zero-order chi connectivity index (χ0) is 19.8. The third-order valence-electron chi connectivity index (χ3n) is 4.79. The summed E-state index contributed by atoms with van der Waals surface area (Å²) >= 11 is 0. The van der Waals surface area contributed by atoms with Gasteiger partial charge in [-0.2, -0.15) is 0 Å². The standard InChI is InChI=1S/C24H24O4/c25-17-16-22(26)23(27)18-28-24(19-10-4-1-5-11-19,20-12-6-2-7-13-20)21-14-8-3-9-15-21/h1-15,17,22-23,26-27H,16,18H2/t22-,23+/m1/s1. The molecule has 0 aliphatic heterocycles. The van der Waals surface area contributed by atoms with E-state index < -0.39 is 17.8 Å². The van der Waals surface area contributed by atoms with Gasteiger partial charge in [0.05, 0.1) is 12.7 Å². The van der Waals surface area contributed by atoms with Crippen LogP contribution in [0.15, 0.2) is 91.0 Å². The van der Waals surface area contributed by atoms with E-state index in [2.05, 4.69) is 0 Å². The van der Waals surface area contributed by atoms with Gasteiger partial charge in [0.2, 0.25) is 0 Å². The lowest BCUT2D eigenvalue weighted by Crippen LogP contribution is -2.39. The minimum absolute atomic E-state index is 0.131. The number of carbonyl (C=O) groups is 1. The number of ether oxygens (including phenoxy) is 1. The molecule has 0 heterocycles. The molecular weight excluding hydrogens is 352 g/mol. The van der Waals surface area contributed by atoms with Crippen molar-refractivity contribution in [2.75, 3.05) is 6.61 Å². The van der Waals surface area contributed by atoms with Crippen molar-refractivity contribution in [1.82, 2.24) is 0 Å². The van der Waals surface area contributed by atoms with E-state index in [0.717, 1.165) is 16.7 Å². The number of carbonyl (C=O) groups excluding carboxylic acids is 1. The third-order valence-corrected chi connectivity index (χ3v) is 4.79. The summed E-state index contributed by atoms with van der Waals surface area (Å²) in [6, 6.07) is 29.3. The molecule has 0 amide bonds. The maximum atomic E-state index is 10.7. The Morgan fingerprint density at radius 1 is 0.714 bits per heavy atom. The molecule has 4 nitrogen and oxygen atoms in total. The van der Waals surface area contributed by atoms with Crippen molar-refractivity contribution in [2.45, 2.75) is 24.2 Å². The minimum Gasteiger partial charge on any atom is -0.390 e. The van der Waals surface area contributed by atoms with E-state index in [1.807, 2.05) is 91.0 Å². The fourth-order valence-electron chi connectivity index (χ4n) is 3.35. The summed E-state index contributed by atoms with van der Waals surface area (Å²) in [6.45, 7) is -0.131. The van der Waals surface area contributed by atoms with E-state index in [9.17, 15) is 15.0 Å². The van der Waals surface area contributed by atoms with E-state index in [4.69, 9.17) is 4.74 Å². The van der Waals surface area contributed by atoms with E-state index in [1.54, 1.807) is 0 Å². The van der Waals surface area contributed by atoms with Gasteiger partial charge in [-0.05, 0) is 16.7 Å². The molecule has 4 heteroatoms. The summed E-state index contributed by atoms with van der Waals surface area (Å²) < 4.78 is 6.39. The number of hydrogen-bond donors (Lipinski definition) is 2. The Morgan fingerprint density at radius 3 is 1.46 bits per heavy atom. The summed E-state index contributed by atoms with van der Waals surface area (Å²) in [7, 11) is 0. The molecule has 0 radical (unpaired) electrons. The molecule has 0 saturated carbocycles. The Kier molecular flexibility index (Phi) is 6.71. The van der Waals surface area contributed by atoms with Gasteiger partial charge in [0.25, 0.3) is 0 Å². The van der Waals surface area contributed by atoms with Gasteiger partial charge in [-0.15, -0.1) is 0 Å². The Morgan fingerprint density at radius 2 is 1.11 bits per heavy atom. The lowest BCUT2D eigenvalue weighted by molar-refractivity contribution is -0.114. The fourth-order valence-corrected chi connectivity index (χ4v) is 3.35. The van der Waals surface area contributed by atoms with Crippen molar-refractivity contribution in [3.63, 3.8) is 0 Å². The summed E-state index contributed by atoms with van der Waals surface area (Å²) in [5.74, 6) is 0. The van der Waals surface area contributed by atoms with E-state index in [0.29, 0.717) is 6.29 Å². The second-order valence-electron chi connectivity index (χ2n) is 6.63. The average molecular weight is 376 g/mol. The highest BCUT2D eigenvalue weighted by atomic mass is 16.5. The molecule has 2 N–H and O–H groups in total. The van der Waals surface area contributed by atoms with Gasteiger partial charge in [0.15, 0.2) is 0 Å². The number of aliphatic hydroxyl groups excluding tert-OH is 2. The van der Waals surface area contributed by atoms with Crippen molar-refractivity contribution >= 4 is 6.29 Å². The number of hydrogen-bond acceptors (Lipinski definition) is 4. The molecule has 0 aliphatic carbocycles. The van der Waals surface area contributed by atoms with Gasteiger partial charge in [0.1, 0.15) is 18.0 Å². The Balaban J connectivity index is 2.10. The highest BCUT2D eigenvalue weighted by molar-refractivity contribution is 5.50. The van der Waals surface area contributed by atoms with Gasteiger partial charge in [-0.3, -0.25) is 0 Å². The van der Waals surface area contributed by atoms with Gasteiger partial charge in [-0.25, -0.2) is 0 Å². The molecule has 0 unspecified atom stereocenters. The van der Waals surface area contributed by atoms with Crippen LogP contribution in [-0.2, 0) is 15.1 Å².